The van der Waals surface area contributed by atoms with E-state index in [9.17, 15) is 58.1 Å². The number of imidazole rings is 1. The Morgan fingerprint density at radius 2 is 1.66 bits per heavy atom. The highest BCUT2D eigenvalue weighted by atomic mass is 31.3. The van der Waals surface area contributed by atoms with Crippen LogP contribution in [0.3, 0.4) is 0 Å². The van der Waals surface area contributed by atoms with Crippen molar-refractivity contribution < 1.29 is 80.4 Å². The molecule has 4 aliphatic heterocycles. The summed E-state index contributed by atoms with van der Waals surface area (Å²) in [5.74, 6) is -0.720. The molecule has 7 atom stereocenters. The number of H-pyrrole nitrogens is 1. The molecule has 2 aromatic heterocycles. The highest BCUT2D eigenvalue weighted by Gasteiger charge is 2.47. The zero-order valence-corrected chi connectivity index (χ0v) is 44.0. The molecule has 5 aromatic rings. The molecule has 76 heavy (non-hydrogen) atoms. The second-order valence-electron chi connectivity index (χ2n) is 18.6. The minimum atomic E-state index is -5.85. The largest absolute Gasteiger partial charge is 0.490 e. The van der Waals surface area contributed by atoms with Gasteiger partial charge in [-0.25, -0.2) is 28.0 Å². The molecule has 29 heteroatoms. The minimum Gasteiger partial charge on any atom is -0.478 e. The lowest BCUT2D eigenvalue weighted by atomic mass is 9.86. The van der Waals surface area contributed by atoms with E-state index in [2.05, 4.69) is 81.0 Å². The van der Waals surface area contributed by atoms with Crippen molar-refractivity contribution in [2.75, 3.05) is 56.6 Å². The van der Waals surface area contributed by atoms with Gasteiger partial charge in [-0.1, -0.05) is 18.9 Å². The maximum atomic E-state index is 13.4. The van der Waals surface area contributed by atoms with Crippen molar-refractivity contribution in [3.05, 3.63) is 103 Å². The van der Waals surface area contributed by atoms with Crippen LogP contribution in [0.1, 0.15) is 102 Å². The molecule has 0 radical (unpaired) electrons. The molecule has 1 amide bonds. The van der Waals surface area contributed by atoms with Crippen LogP contribution in [0.4, 0.5) is 11.6 Å². The van der Waals surface area contributed by atoms with Gasteiger partial charge in [0.1, 0.15) is 42.9 Å². The number of hydrogen-bond acceptors (Lipinski definition) is 18. The van der Waals surface area contributed by atoms with Gasteiger partial charge in [-0.3, -0.25) is 28.2 Å². The molecule has 3 unspecified atom stereocenters. The summed E-state index contributed by atoms with van der Waals surface area (Å²) in [6.45, 7) is 6.44. The number of carboxylic acid groups (broad SMARTS) is 1. The van der Waals surface area contributed by atoms with Crippen molar-refractivity contribution in [2.45, 2.75) is 89.8 Å². The predicted octanol–water partition coefficient (Wildman–Crippen LogP) is 2.96. The second-order valence-corrected chi connectivity index (χ2v) is 23.2. The van der Waals surface area contributed by atoms with E-state index in [1.165, 1.54) is 6.07 Å². The number of anilines is 2. The number of benzene rings is 3. The van der Waals surface area contributed by atoms with Crippen LogP contribution in [0.2, 0.25) is 0 Å². The Morgan fingerprint density at radius 1 is 0.908 bits per heavy atom. The fourth-order valence-electron chi connectivity index (χ4n) is 10.0. The van der Waals surface area contributed by atoms with Crippen LogP contribution in [0, 0.1) is 0 Å². The number of rotatable bonds is 21. The van der Waals surface area contributed by atoms with Crippen molar-refractivity contribution in [3.63, 3.8) is 0 Å². The molecule has 1 saturated heterocycles. The lowest BCUT2D eigenvalue weighted by molar-refractivity contribution is -0.0503. The number of carbonyl (C=O) groups excluding carboxylic acids is 1. The number of aromatic carboxylic acids is 1. The number of ether oxygens (including phenoxy) is 2. The van der Waals surface area contributed by atoms with Crippen LogP contribution in [-0.2, 0) is 48.9 Å². The first-order chi connectivity index (χ1) is 36.2. The van der Waals surface area contributed by atoms with Gasteiger partial charge in [0, 0.05) is 65.3 Å². The number of phosphoric ester groups is 2. The van der Waals surface area contributed by atoms with E-state index < -0.39 is 78.7 Å². The quantitative estimate of drug-likeness (QED) is 0.0284. The van der Waals surface area contributed by atoms with E-state index in [0.717, 1.165) is 101 Å². The van der Waals surface area contributed by atoms with Crippen LogP contribution in [0.5, 0.6) is 11.5 Å². The minimum absolute atomic E-state index is 0.0474. The molecular formula is C47H58N8O18P3+. The summed E-state index contributed by atoms with van der Waals surface area (Å²) in [5, 5.41) is 36.5. The Labute approximate surface area is 433 Å². The summed E-state index contributed by atoms with van der Waals surface area (Å²) < 4.78 is 70.9. The number of aliphatic hydroxyl groups excluding tert-OH is 2. The fourth-order valence-corrected chi connectivity index (χ4v) is 13.6. The fraction of sp³-hybridized carbons (Fsp3) is 0.447. The highest BCUT2D eigenvalue weighted by molar-refractivity contribution is 7.66. The van der Waals surface area contributed by atoms with Gasteiger partial charge in [0.2, 0.25) is 11.3 Å². The summed E-state index contributed by atoms with van der Waals surface area (Å²) in [6, 6.07) is 13.0. The Balaban J connectivity index is 0.764. The molecule has 6 heterocycles. The number of fused-ring (bicyclic) bond motifs is 5. The van der Waals surface area contributed by atoms with Crippen molar-refractivity contribution in [2.24, 2.45) is 0 Å². The molecular weight excluding hydrogens is 1060 g/mol. The SMILES string of the molecule is CCN1CCCc2cc3c(cc21)Oc1cc2c(cc1=C3c1ccc(C(=O)NCCCCCCOP(=O)(O)OP(=O)(O)OP(=O)(O)OC[C@H]3O[C@@H](n4cnc5c(=O)[nH]c(N)nc54)[C@H](O)[C@@H]3O)cc1C(=O)O)CCC[N+]=2CC. The Morgan fingerprint density at radius 3 is 2.41 bits per heavy atom. The number of unbranched alkanes of at least 4 members (excludes halogenated alkanes) is 3. The summed E-state index contributed by atoms with van der Waals surface area (Å²) in [6.07, 6.45) is -0.361. The van der Waals surface area contributed by atoms with Crippen LogP contribution >= 0.6 is 23.5 Å². The molecule has 10 N–H and O–H groups in total. The number of nitrogens with zero attached hydrogens (tertiary/aromatic N) is 5. The smallest absolute Gasteiger partial charge is 0.478 e. The van der Waals surface area contributed by atoms with E-state index >= 15 is 0 Å². The molecule has 9 rings (SSSR count). The predicted molar refractivity (Wildman–Crippen MR) is 271 cm³/mol. The molecule has 4 aliphatic rings. The zero-order valence-electron chi connectivity index (χ0n) is 41.3. The van der Waals surface area contributed by atoms with Gasteiger partial charge in [0.05, 0.1) is 31.2 Å². The van der Waals surface area contributed by atoms with Crippen LogP contribution in [0.15, 0.2) is 53.6 Å². The van der Waals surface area contributed by atoms with Gasteiger partial charge in [0.15, 0.2) is 17.4 Å². The summed E-state index contributed by atoms with van der Waals surface area (Å²) in [5.41, 5.74) is 10.0. The van der Waals surface area contributed by atoms with E-state index in [0.29, 0.717) is 36.3 Å². The Kier molecular flexibility index (Phi) is 16.2. The van der Waals surface area contributed by atoms with E-state index in [4.69, 9.17) is 19.7 Å². The molecule has 3 aromatic carbocycles. The Hall–Kier alpha value is -5.69. The standard InChI is InChI=1S/C47H57N8O18P3/c1-3-53-16-9-11-26-19-31-35(22-33(26)53)70-36-23-34-27(12-10-17-54(34)4-2)20-32(36)38(31)29-14-13-28(21-30(29)46(60)61)43(58)49-15-7-5-6-8-18-68-74(62,63)72-76(66,67)73-75(64,65)69-24-37-40(56)41(57)45(71-37)55-25-50-39-42(55)51-47(48)52-44(39)59/h13-14,19-23,25,37,40-41,45,56-57H,3-12,15-18,24H2,1-2H3,(H7-,48,49,51,52,58,59,60,61,62,63,64,65,66,67)/p+1/t37-,40-,41-,45-/m1/s1. The number of phosphoric acid groups is 3. The number of aryl methyl sites for hydroxylation is 2. The number of aromatic amines is 1. The van der Waals surface area contributed by atoms with Gasteiger partial charge in [-0.05, 0) is 81.3 Å². The van der Waals surface area contributed by atoms with Gasteiger partial charge in [-0.15, -0.1) is 0 Å². The molecule has 0 saturated carbocycles. The lowest BCUT2D eigenvalue weighted by Crippen LogP contribution is -2.39. The second kappa shape index (κ2) is 22.3. The molecule has 0 spiro atoms. The molecule has 408 valence electrons. The number of aromatic nitrogens is 4. The number of nitrogens with two attached hydrogens (primary N) is 1. The van der Waals surface area contributed by atoms with Gasteiger partial charge in [-0.2, -0.15) is 13.6 Å². The van der Waals surface area contributed by atoms with Crippen molar-refractivity contribution >= 4 is 63.7 Å². The lowest BCUT2D eigenvalue weighted by Gasteiger charge is -2.32. The van der Waals surface area contributed by atoms with Gasteiger partial charge >= 0.3 is 29.4 Å². The number of nitrogens with one attached hydrogen (secondary N) is 2. The van der Waals surface area contributed by atoms with Gasteiger partial charge in [0.25, 0.3) is 11.5 Å². The van der Waals surface area contributed by atoms with E-state index in [1.54, 1.807) is 12.1 Å². The average molecular weight is 1120 g/mol. The first-order valence-electron chi connectivity index (χ1n) is 24.7. The van der Waals surface area contributed by atoms with Crippen molar-refractivity contribution in [1.82, 2.24) is 29.4 Å². The van der Waals surface area contributed by atoms with Crippen molar-refractivity contribution in [3.8, 4) is 11.5 Å². The van der Waals surface area contributed by atoms with Gasteiger partial charge < -0.3 is 55.4 Å². The third kappa shape index (κ3) is 11.7. The van der Waals surface area contributed by atoms with E-state index in [-0.39, 0.29) is 41.2 Å². The zero-order chi connectivity index (χ0) is 54.3. The molecule has 26 nitrogen and oxygen atoms in total. The third-order valence-corrected chi connectivity index (χ3v) is 17.9. The summed E-state index contributed by atoms with van der Waals surface area (Å²) >= 11 is 0. The number of carboxylic acids is 1. The van der Waals surface area contributed by atoms with Crippen molar-refractivity contribution in [1.29, 1.82) is 0 Å². The van der Waals surface area contributed by atoms with E-state index in [1.807, 2.05) is 0 Å². The number of amides is 1. The van der Waals surface area contributed by atoms with Crippen LogP contribution in [0.25, 0.3) is 16.7 Å². The monoisotopic (exact) mass is 1120 g/mol. The average Bonchev–Trinajstić information content (AvgIpc) is 4.04. The normalized spacial score (nSPS) is 21.4. The molecule has 0 aliphatic carbocycles. The van der Waals surface area contributed by atoms with Crippen LogP contribution < -0.4 is 41.4 Å². The maximum absolute atomic E-state index is 13.4. The number of hydrogen-bond donors (Lipinski definition) is 9. The number of nitrogen functional groups attached to an aromatic ring is 1. The summed E-state index contributed by atoms with van der Waals surface area (Å²) in [4.78, 5) is 81.3. The number of aliphatic hydroxyl groups is 2. The summed E-state index contributed by atoms with van der Waals surface area (Å²) in [7, 11) is -16.8. The third-order valence-electron chi connectivity index (χ3n) is 13.6. The molecule has 1 fully saturated rings. The first-order valence-corrected chi connectivity index (χ1v) is 29.1. The Bertz CT molecular complexity index is 3450. The topological polar surface area (TPSA) is 370 Å². The number of carbonyl (C=O) groups is 2. The first kappa shape index (κ1) is 55.1. The van der Waals surface area contributed by atoms with Crippen LogP contribution in [-0.4, -0.2) is 126 Å². The maximum Gasteiger partial charge on any atom is 0.490 e. The highest BCUT2D eigenvalue weighted by Crippen LogP contribution is 2.67. The molecule has 0 bridgehead atoms.